The van der Waals surface area contributed by atoms with Crippen LogP contribution < -0.4 is 0 Å². The Labute approximate surface area is 102 Å². The van der Waals surface area contributed by atoms with E-state index >= 15 is 0 Å². The number of amides is 1. The molecule has 1 amide bonds. The van der Waals surface area contributed by atoms with E-state index in [0.29, 0.717) is 0 Å². The number of alkyl halides is 2. The lowest BCUT2D eigenvalue weighted by molar-refractivity contribution is 0.0120. The zero-order chi connectivity index (χ0) is 13.3. The minimum Gasteiger partial charge on any atom is -0.478 e. The van der Waals surface area contributed by atoms with Gasteiger partial charge in [0.2, 0.25) is 0 Å². The molecule has 18 heavy (non-hydrogen) atoms. The average molecular weight is 255 g/mol. The fourth-order valence-electron chi connectivity index (χ4n) is 1.85. The first-order chi connectivity index (χ1) is 8.39. The van der Waals surface area contributed by atoms with Gasteiger partial charge in [-0.2, -0.15) is 0 Å². The van der Waals surface area contributed by atoms with Crippen LogP contribution >= 0.6 is 0 Å². The molecular formula is C12H11F2NO3. The molecule has 1 aromatic rings. The molecule has 1 aliphatic rings. The van der Waals surface area contributed by atoms with Gasteiger partial charge in [0, 0.05) is 18.5 Å². The number of hydrogen-bond acceptors (Lipinski definition) is 2. The lowest BCUT2D eigenvalue weighted by atomic mass is 10.1. The number of carboxylic acids is 1. The number of carbonyl (C=O) groups excluding carboxylic acids is 1. The van der Waals surface area contributed by atoms with Gasteiger partial charge in [0.15, 0.2) is 0 Å². The van der Waals surface area contributed by atoms with Gasteiger partial charge in [0.1, 0.15) is 0 Å². The molecule has 1 aromatic carbocycles. The van der Waals surface area contributed by atoms with Crippen LogP contribution in [0.4, 0.5) is 8.78 Å². The third-order valence-corrected chi connectivity index (χ3v) is 2.84. The molecule has 0 atom stereocenters. The van der Waals surface area contributed by atoms with E-state index in [1.165, 1.54) is 24.3 Å². The van der Waals surface area contributed by atoms with E-state index in [4.69, 9.17) is 5.11 Å². The Morgan fingerprint density at radius 1 is 1.17 bits per heavy atom. The summed E-state index contributed by atoms with van der Waals surface area (Å²) in [6.07, 6.45) is -0.327. The molecule has 2 rings (SSSR count). The topological polar surface area (TPSA) is 57.6 Å². The summed E-state index contributed by atoms with van der Waals surface area (Å²) >= 11 is 0. The molecule has 0 aliphatic carbocycles. The summed E-state index contributed by atoms with van der Waals surface area (Å²) in [6.45, 7) is -0.557. The van der Waals surface area contributed by atoms with Gasteiger partial charge in [-0.1, -0.05) is 0 Å². The summed E-state index contributed by atoms with van der Waals surface area (Å²) in [4.78, 5) is 23.6. The molecule has 0 aromatic heterocycles. The van der Waals surface area contributed by atoms with Crippen LogP contribution in [0, 0.1) is 0 Å². The standard InChI is InChI=1S/C12H11F2NO3/c13-12(14)5-6-15(7-12)10(16)8-1-3-9(4-2-8)11(17)18/h1-4H,5-7H2,(H,17,18). The molecule has 1 heterocycles. The predicted molar refractivity (Wildman–Crippen MR) is 58.9 cm³/mol. The molecule has 0 bridgehead atoms. The first-order valence-electron chi connectivity index (χ1n) is 5.39. The Kier molecular flexibility index (Phi) is 3.02. The maximum absolute atomic E-state index is 13.0. The zero-order valence-corrected chi connectivity index (χ0v) is 9.40. The van der Waals surface area contributed by atoms with Crippen molar-refractivity contribution in [1.82, 2.24) is 4.90 Å². The van der Waals surface area contributed by atoms with Gasteiger partial charge in [0.05, 0.1) is 12.1 Å². The van der Waals surface area contributed by atoms with Crippen molar-refractivity contribution < 1.29 is 23.5 Å². The van der Waals surface area contributed by atoms with Gasteiger partial charge < -0.3 is 10.0 Å². The summed E-state index contributed by atoms with van der Waals surface area (Å²) in [5.74, 6) is -4.41. The summed E-state index contributed by atoms with van der Waals surface area (Å²) in [5.41, 5.74) is 0.274. The molecule has 0 saturated carbocycles. The minimum absolute atomic E-state index is 0.0204. The van der Waals surface area contributed by atoms with Crippen LogP contribution in [-0.2, 0) is 0 Å². The second-order valence-electron chi connectivity index (χ2n) is 4.22. The maximum atomic E-state index is 13.0. The van der Waals surface area contributed by atoms with E-state index in [1.54, 1.807) is 0 Å². The van der Waals surface area contributed by atoms with Gasteiger partial charge in [-0.3, -0.25) is 4.79 Å². The van der Waals surface area contributed by atoms with Crippen molar-refractivity contribution in [2.24, 2.45) is 0 Å². The SMILES string of the molecule is O=C(O)c1ccc(C(=O)N2CCC(F)(F)C2)cc1. The van der Waals surface area contributed by atoms with Gasteiger partial charge in [-0.25, -0.2) is 13.6 Å². The second-order valence-corrected chi connectivity index (χ2v) is 4.22. The molecule has 1 saturated heterocycles. The Bertz CT molecular complexity index is 485. The molecule has 4 nitrogen and oxygen atoms in total. The highest BCUT2D eigenvalue weighted by Crippen LogP contribution is 2.27. The van der Waals surface area contributed by atoms with Crippen LogP contribution in [0.5, 0.6) is 0 Å². The molecule has 0 unspecified atom stereocenters. The monoisotopic (exact) mass is 255 g/mol. The van der Waals surface area contributed by atoms with E-state index in [9.17, 15) is 18.4 Å². The van der Waals surface area contributed by atoms with E-state index in [2.05, 4.69) is 0 Å². The molecule has 96 valence electrons. The average Bonchev–Trinajstić information content (AvgIpc) is 2.69. The molecule has 0 radical (unpaired) electrons. The van der Waals surface area contributed by atoms with E-state index in [-0.39, 0.29) is 24.1 Å². The highest BCUT2D eigenvalue weighted by atomic mass is 19.3. The fraction of sp³-hybridized carbons (Fsp3) is 0.333. The smallest absolute Gasteiger partial charge is 0.335 e. The fourth-order valence-corrected chi connectivity index (χ4v) is 1.85. The second kappa shape index (κ2) is 4.36. The number of rotatable bonds is 2. The number of carboxylic acid groups (broad SMARTS) is 1. The highest BCUT2D eigenvalue weighted by molar-refractivity contribution is 5.96. The van der Waals surface area contributed by atoms with Crippen molar-refractivity contribution in [3.63, 3.8) is 0 Å². The van der Waals surface area contributed by atoms with Crippen molar-refractivity contribution in [2.75, 3.05) is 13.1 Å². The van der Waals surface area contributed by atoms with Crippen molar-refractivity contribution in [1.29, 1.82) is 0 Å². The van der Waals surface area contributed by atoms with Crippen LogP contribution in [0.3, 0.4) is 0 Å². The number of aromatic carboxylic acids is 1. The lowest BCUT2D eigenvalue weighted by Crippen LogP contribution is -2.31. The number of benzene rings is 1. The number of likely N-dealkylation sites (tertiary alicyclic amines) is 1. The first-order valence-corrected chi connectivity index (χ1v) is 5.39. The molecule has 1 N–H and O–H groups in total. The Balaban J connectivity index is 2.12. The molecule has 0 spiro atoms. The molecule has 6 heteroatoms. The van der Waals surface area contributed by atoms with Crippen LogP contribution in [0.15, 0.2) is 24.3 Å². The van der Waals surface area contributed by atoms with E-state index in [0.717, 1.165) is 4.90 Å². The van der Waals surface area contributed by atoms with Gasteiger partial charge in [-0.15, -0.1) is 0 Å². The van der Waals surface area contributed by atoms with Crippen molar-refractivity contribution >= 4 is 11.9 Å². The normalized spacial score (nSPS) is 17.8. The largest absolute Gasteiger partial charge is 0.478 e. The van der Waals surface area contributed by atoms with Crippen molar-refractivity contribution in [3.05, 3.63) is 35.4 Å². The van der Waals surface area contributed by atoms with E-state index < -0.39 is 24.3 Å². The number of halogens is 2. The summed E-state index contributed by atoms with van der Waals surface area (Å²) in [5, 5.41) is 8.70. The van der Waals surface area contributed by atoms with Crippen LogP contribution in [0.1, 0.15) is 27.1 Å². The maximum Gasteiger partial charge on any atom is 0.335 e. The third-order valence-electron chi connectivity index (χ3n) is 2.84. The molecule has 1 aliphatic heterocycles. The van der Waals surface area contributed by atoms with Crippen LogP contribution in [0.25, 0.3) is 0 Å². The highest BCUT2D eigenvalue weighted by Gasteiger charge is 2.40. The Morgan fingerprint density at radius 2 is 1.72 bits per heavy atom. The van der Waals surface area contributed by atoms with Crippen LogP contribution in [0.2, 0.25) is 0 Å². The summed E-state index contributed by atoms with van der Waals surface area (Å²) < 4.78 is 25.9. The minimum atomic E-state index is -2.82. The molecule has 1 fully saturated rings. The van der Waals surface area contributed by atoms with Gasteiger partial charge in [-0.05, 0) is 24.3 Å². The predicted octanol–water partition coefficient (Wildman–Crippen LogP) is 1.87. The first kappa shape index (κ1) is 12.5. The third kappa shape index (κ3) is 2.47. The van der Waals surface area contributed by atoms with Crippen LogP contribution in [-0.4, -0.2) is 40.9 Å². The lowest BCUT2D eigenvalue weighted by Gasteiger charge is -2.16. The van der Waals surface area contributed by atoms with Crippen molar-refractivity contribution in [2.45, 2.75) is 12.3 Å². The van der Waals surface area contributed by atoms with Crippen molar-refractivity contribution in [3.8, 4) is 0 Å². The van der Waals surface area contributed by atoms with Gasteiger partial charge in [0.25, 0.3) is 11.8 Å². The van der Waals surface area contributed by atoms with E-state index in [1.807, 2.05) is 0 Å². The Hall–Kier alpha value is -1.98. The Morgan fingerprint density at radius 3 is 2.17 bits per heavy atom. The summed E-state index contributed by atoms with van der Waals surface area (Å²) in [7, 11) is 0. The van der Waals surface area contributed by atoms with Gasteiger partial charge >= 0.3 is 5.97 Å². The summed E-state index contributed by atoms with van der Waals surface area (Å²) in [6, 6.07) is 5.23. The molecular weight excluding hydrogens is 244 g/mol. The zero-order valence-electron chi connectivity index (χ0n) is 9.40. The number of carbonyl (C=O) groups is 2. The quantitative estimate of drug-likeness (QED) is 0.877. The number of nitrogens with zero attached hydrogens (tertiary/aromatic N) is 1. The number of hydrogen-bond donors (Lipinski definition) is 1.